The fraction of sp³-hybridized carbons (Fsp3) is 0.625. The zero-order valence-corrected chi connectivity index (χ0v) is 14.0. The normalized spacial score (nSPS) is 21.1. The lowest BCUT2D eigenvalue weighted by Crippen LogP contribution is -2.39. The van der Waals surface area contributed by atoms with Crippen LogP contribution in [0, 0.1) is 33.6 Å². The highest BCUT2D eigenvalue weighted by atomic mass is 32.2. The van der Waals surface area contributed by atoms with Crippen molar-refractivity contribution >= 4 is 10.0 Å². The SMILES string of the molecule is Cc1cc(C)c(C)c(S(=O)(=O)N2CCC[C@@H](C)C2)c1C. The van der Waals surface area contributed by atoms with Crippen molar-refractivity contribution in [3.05, 3.63) is 28.3 Å². The molecule has 4 heteroatoms. The maximum absolute atomic E-state index is 13.0. The molecule has 0 aliphatic carbocycles. The average molecular weight is 295 g/mol. The number of nitrogens with zero attached hydrogens (tertiary/aromatic N) is 1. The molecular formula is C16H25NO2S. The van der Waals surface area contributed by atoms with Crippen LogP contribution in [0.3, 0.4) is 0 Å². The van der Waals surface area contributed by atoms with E-state index in [9.17, 15) is 8.42 Å². The van der Waals surface area contributed by atoms with Crippen molar-refractivity contribution in [2.45, 2.75) is 52.4 Å². The molecule has 0 spiro atoms. The molecule has 20 heavy (non-hydrogen) atoms. The highest BCUT2D eigenvalue weighted by Crippen LogP contribution is 2.30. The van der Waals surface area contributed by atoms with Gasteiger partial charge < -0.3 is 0 Å². The largest absolute Gasteiger partial charge is 0.243 e. The molecule has 0 saturated carbocycles. The Morgan fingerprint density at radius 3 is 2.15 bits per heavy atom. The van der Waals surface area contributed by atoms with Gasteiger partial charge in [0.25, 0.3) is 0 Å². The van der Waals surface area contributed by atoms with Gasteiger partial charge in [-0.3, -0.25) is 0 Å². The van der Waals surface area contributed by atoms with Crippen LogP contribution in [0.2, 0.25) is 0 Å². The van der Waals surface area contributed by atoms with Crippen LogP contribution in [-0.2, 0) is 10.0 Å². The van der Waals surface area contributed by atoms with Crippen LogP contribution < -0.4 is 0 Å². The summed E-state index contributed by atoms with van der Waals surface area (Å²) in [6, 6.07) is 2.07. The summed E-state index contributed by atoms with van der Waals surface area (Å²) in [6.45, 7) is 11.2. The van der Waals surface area contributed by atoms with Gasteiger partial charge in [0.15, 0.2) is 0 Å². The Labute approximate surface area is 123 Å². The molecule has 1 saturated heterocycles. The Morgan fingerprint density at radius 2 is 1.65 bits per heavy atom. The highest BCUT2D eigenvalue weighted by Gasteiger charge is 2.31. The molecule has 0 unspecified atom stereocenters. The van der Waals surface area contributed by atoms with Crippen LogP contribution in [0.15, 0.2) is 11.0 Å². The summed E-state index contributed by atoms with van der Waals surface area (Å²) >= 11 is 0. The maximum atomic E-state index is 13.0. The molecule has 112 valence electrons. The second kappa shape index (κ2) is 5.49. The molecule has 1 aromatic rings. The molecular weight excluding hydrogens is 270 g/mol. The molecule has 3 nitrogen and oxygen atoms in total. The van der Waals surface area contributed by atoms with E-state index in [2.05, 4.69) is 13.0 Å². The monoisotopic (exact) mass is 295 g/mol. The first kappa shape index (κ1) is 15.5. The molecule has 1 aliphatic heterocycles. The van der Waals surface area contributed by atoms with Crippen molar-refractivity contribution in [2.24, 2.45) is 5.92 Å². The summed E-state index contributed by atoms with van der Waals surface area (Å²) in [5.41, 5.74) is 3.89. The van der Waals surface area contributed by atoms with Gasteiger partial charge in [-0.05, 0) is 68.7 Å². The third-order valence-corrected chi connectivity index (χ3v) is 6.65. The van der Waals surface area contributed by atoms with Crippen LogP contribution in [0.25, 0.3) is 0 Å². The molecule has 1 aliphatic rings. The molecule has 1 atom stereocenters. The van der Waals surface area contributed by atoms with E-state index in [4.69, 9.17) is 0 Å². The summed E-state index contributed by atoms with van der Waals surface area (Å²) in [4.78, 5) is 0.532. The van der Waals surface area contributed by atoms with Gasteiger partial charge in [0.2, 0.25) is 10.0 Å². The summed E-state index contributed by atoms with van der Waals surface area (Å²) in [5.74, 6) is 0.449. The van der Waals surface area contributed by atoms with E-state index < -0.39 is 10.0 Å². The van der Waals surface area contributed by atoms with Gasteiger partial charge in [-0.2, -0.15) is 4.31 Å². The molecule has 1 fully saturated rings. The number of hydrogen-bond donors (Lipinski definition) is 0. The quantitative estimate of drug-likeness (QED) is 0.839. The van der Waals surface area contributed by atoms with Crippen molar-refractivity contribution in [1.82, 2.24) is 4.31 Å². The van der Waals surface area contributed by atoms with Gasteiger partial charge in [0, 0.05) is 13.1 Å². The van der Waals surface area contributed by atoms with E-state index >= 15 is 0 Å². The van der Waals surface area contributed by atoms with Gasteiger partial charge >= 0.3 is 0 Å². The minimum absolute atomic E-state index is 0.449. The summed E-state index contributed by atoms with van der Waals surface area (Å²) < 4.78 is 27.7. The number of aryl methyl sites for hydroxylation is 2. The maximum Gasteiger partial charge on any atom is 0.243 e. The Balaban J connectivity index is 2.55. The number of hydrogen-bond acceptors (Lipinski definition) is 2. The van der Waals surface area contributed by atoms with E-state index in [1.807, 2.05) is 27.7 Å². The third-order valence-electron chi connectivity index (χ3n) is 4.51. The van der Waals surface area contributed by atoms with Crippen LogP contribution in [0.1, 0.15) is 42.0 Å². The molecule has 1 heterocycles. The van der Waals surface area contributed by atoms with E-state index in [0.29, 0.717) is 23.9 Å². The number of benzene rings is 1. The van der Waals surface area contributed by atoms with Crippen LogP contribution in [0.5, 0.6) is 0 Å². The lowest BCUT2D eigenvalue weighted by Gasteiger charge is -2.31. The van der Waals surface area contributed by atoms with E-state index in [0.717, 1.165) is 35.1 Å². The highest BCUT2D eigenvalue weighted by molar-refractivity contribution is 7.89. The first-order valence-corrected chi connectivity index (χ1v) is 8.76. The first-order valence-electron chi connectivity index (χ1n) is 7.32. The second-order valence-electron chi connectivity index (χ2n) is 6.20. The Hall–Kier alpha value is -0.870. The topological polar surface area (TPSA) is 37.4 Å². The smallest absolute Gasteiger partial charge is 0.207 e. The summed E-state index contributed by atoms with van der Waals surface area (Å²) in [5, 5.41) is 0. The van der Waals surface area contributed by atoms with Crippen molar-refractivity contribution < 1.29 is 8.42 Å². The molecule has 0 N–H and O–H groups in total. The Kier molecular flexibility index (Phi) is 4.26. The number of sulfonamides is 1. The summed E-state index contributed by atoms with van der Waals surface area (Å²) in [6.07, 6.45) is 2.08. The second-order valence-corrected chi connectivity index (χ2v) is 8.07. The zero-order valence-electron chi connectivity index (χ0n) is 13.2. The molecule has 0 radical (unpaired) electrons. The lowest BCUT2D eigenvalue weighted by atomic mass is 10.0. The molecule has 2 rings (SSSR count). The molecule has 0 bridgehead atoms. The van der Waals surface area contributed by atoms with Crippen LogP contribution >= 0.6 is 0 Å². The van der Waals surface area contributed by atoms with Gasteiger partial charge in [-0.25, -0.2) is 8.42 Å². The molecule has 0 aromatic heterocycles. The Morgan fingerprint density at radius 1 is 1.10 bits per heavy atom. The third kappa shape index (κ3) is 2.63. The lowest BCUT2D eigenvalue weighted by molar-refractivity contribution is 0.281. The minimum atomic E-state index is -3.37. The standard InChI is InChI=1S/C16H25NO2S/c1-11-7-6-8-17(10-11)20(18,19)16-14(4)12(2)9-13(3)15(16)5/h9,11H,6-8,10H2,1-5H3/t11-/m1/s1. The van der Waals surface area contributed by atoms with E-state index in [1.54, 1.807) is 4.31 Å². The van der Waals surface area contributed by atoms with Gasteiger partial charge in [-0.15, -0.1) is 0 Å². The molecule has 1 aromatic carbocycles. The van der Waals surface area contributed by atoms with Crippen LogP contribution in [0.4, 0.5) is 0 Å². The fourth-order valence-corrected chi connectivity index (χ4v) is 5.24. The van der Waals surface area contributed by atoms with Crippen molar-refractivity contribution in [3.8, 4) is 0 Å². The van der Waals surface area contributed by atoms with Crippen molar-refractivity contribution in [1.29, 1.82) is 0 Å². The minimum Gasteiger partial charge on any atom is -0.207 e. The van der Waals surface area contributed by atoms with E-state index in [-0.39, 0.29) is 0 Å². The van der Waals surface area contributed by atoms with Gasteiger partial charge in [-0.1, -0.05) is 13.0 Å². The molecule has 0 amide bonds. The van der Waals surface area contributed by atoms with Gasteiger partial charge in [0.1, 0.15) is 0 Å². The van der Waals surface area contributed by atoms with E-state index in [1.165, 1.54) is 0 Å². The average Bonchev–Trinajstić information content (AvgIpc) is 2.36. The van der Waals surface area contributed by atoms with Crippen molar-refractivity contribution in [2.75, 3.05) is 13.1 Å². The Bertz CT molecular complexity index is 594. The number of rotatable bonds is 2. The van der Waals surface area contributed by atoms with Crippen molar-refractivity contribution in [3.63, 3.8) is 0 Å². The first-order chi connectivity index (χ1) is 9.25. The van der Waals surface area contributed by atoms with Gasteiger partial charge in [0.05, 0.1) is 4.90 Å². The predicted molar refractivity (Wildman–Crippen MR) is 82.5 cm³/mol. The summed E-state index contributed by atoms with van der Waals surface area (Å²) in [7, 11) is -3.37. The fourth-order valence-electron chi connectivity index (χ4n) is 3.06. The zero-order chi connectivity index (χ0) is 15.1. The van der Waals surface area contributed by atoms with Crippen LogP contribution in [-0.4, -0.2) is 25.8 Å². The number of piperidine rings is 1. The predicted octanol–water partition coefficient (Wildman–Crippen LogP) is 3.34.